The molecule has 4 aliphatic rings. The Labute approximate surface area is 503 Å². The van der Waals surface area contributed by atoms with Crippen molar-refractivity contribution in [3.8, 4) is 0 Å². The Bertz CT molecular complexity index is 3200. The van der Waals surface area contributed by atoms with E-state index < -0.39 is 106 Å². The first kappa shape index (κ1) is 65.6. The lowest BCUT2D eigenvalue weighted by molar-refractivity contribution is -0.138. The number of amides is 5. The summed E-state index contributed by atoms with van der Waals surface area (Å²) >= 11 is 10.9. The van der Waals surface area contributed by atoms with Crippen molar-refractivity contribution >= 4 is 128 Å². The van der Waals surface area contributed by atoms with E-state index in [1.54, 1.807) is 19.0 Å². The first-order valence-corrected chi connectivity index (χ1v) is 33.6. The number of ether oxygens (including phenoxy) is 6. The van der Waals surface area contributed by atoms with Crippen molar-refractivity contribution in [1.82, 2.24) is 58.6 Å². The summed E-state index contributed by atoms with van der Waals surface area (Å²) in [6.45, 7) is -5.65. The molecule has 8 heterocycles. The van der Waals surface area contributed by atoms with Gasteiger partial charge in [-0.3, -0.25) is 42.3 Å². The molecule has 7 N–H and O–H groups in total. The van der Waals surface area contributed by atoms with Gasteiger partial charge in [-0.1, -0.05) is 21.6 Å². The second-order valence-corrected chi connectivity index (χ2v) is 28.7. The number of aliphatic hydroxyl groups is 1. The maximum Gasteiger partial charge on any atom is 0.508 e. The fourth-order valence-electron chi connectivity index (χ4n) is 8.75. The van der Waals surface area contributed by atoms with Crippen LogP contribution in [0, 0.1) is 0 Å². The number of nitrogens with two attached hydrogens (primary N) is 2. The molecule has 0 aliphatic carbocycles. The highest BCUT2D eigenvalue weighted by Crippen LogP contribution is 2.54. The van der Waals surface area contributed by atoms with Crippen LogP contribution in [0.2, 0.25) is 0 Å². The predicted molar refractivity (Wildman–Crippen MR) is 308 cm³/mol. The van der Waals surface area contributed by atoms with E-state index in [-0.39, 0.29) is 96.3 Å². The fourth-order valence-corrected chi connectivity index (χ4v) is 14.0. The average Bonchev–Trinajstić information content (AvgIpc) is 2.14. The molecule has 2 bridgehead atoms. The summed E-state index contributed by atoms with van der Waals surface area (Å²) in [6.07, 6.45) is -5.38. The number of anilines is 2. The number of aromatic nitrogens is 8. The monoisotopic (exact) mass is 1310 g/mol. The summed E-state index contributed by atoms with van der Waals surface area (Å²) in [5.41, 5.74) is 12.7. The quantitative estimate of drug-likeness (QED) is 0.0227. The molecule has 85 heavy (non-hydrogen) atoms. The van der Waals surface area contributed by atoms with Crippen molar-refractivity contribution in [3.63, 3.8) is 0 Å². The van der Waals surface area contributed by atoms with Gasteiger partial charge in [-0.2, -0.15) is 0 Å². The Kier molecular flexibility index (Phi) is 22.1. The highest BCUT2D eigenvalue weighted by atomic mass is 33.1. The van der Waals surface area contributed by atoms with E-state index >= 15 is 0 Å². The van der Waals surface area contributed by atoms with E-state index in [0.29, 0.717) is 25.3 Å². The van der Waals surface area contributed by atoms with Crippen LogP contribution in [-0.2, 0) is 89.3 Å². The van der Waals surface area contributed by atoms with Crippen LogP contribution in [0.25, 0.3) is 22.3 Å². The molecule has 4 aromatic rings. The van der Waals surface area contributed by atoms with Crippen LogP contribution in [0.5, 0.6) is 0 Å². The van der Waals surface area contributed by atoms with Gasteiger partial charge in [0.15, 0.2) is 41.5 Å². The van der Waals surface area contributed by atoms with E-state index in [1.165, 1.54) is 78.7 Å². The number of nitrogen functional groups attached to an aromatic ring is 2. The number of aliphatic hydroxyl groups excluding tert-OH is 1. The van der Waals surface area contributed by atoms with Crippen LogP contribution in [0.1, 0.15) is 45.6 Å². The summed E-state index contributed by atoms with van der Waals surface area (Å²) in [5.74, 6) is -0.590. The summed E-state index contributed by atoms with van der Waals surface area (Å²) in [7, 11) is 7.74. The molecule has 3 saturated heterocycles. The number of carbonyl (C=O) groups excluding carboxylic acids is 6. The third-order valence-corrected chi connectivity index (χ3v) is 19.9. The Morgan fingerprint density at radius 1 is 0.741 bits per heavy atom. The number of imide groups is 1. The van der Waals surface area contributed by atoms with E-state index in [2.05, 4.69) is 29.9 Å². The zero-order valence-electron chi connectivity index (χ0n) is 46.4. The average molecular weight is 1310 g/mol. The van der Waals surface area contributed by atoms with E-state index in [1.807, 2.05) is 13.8 Å². The standard InChI is InChI=1S/C46H64N14O19P2S4/c1-46(2,10-8-28(61)55(3)11-12-56(4)29(62)9-15-70-16-14-58-30(63)6-7-31(58)64)85-84-19-18-71-44(66)57(5)13-17-72-45(67)77-37-35-27(76-43(37)60-25-54-33-39(48)50-23-52-41(33)60)21-74-81(69,83)79-36-34(65)26(20-73-80(68,82)78-35)75-42(36)59-24-53-32-38(47)49-22-51-40(32)59/h6-7,22-27,34-37,42-43,65H,8-21H2,1-5H3,(H,68,82)(H,69,83)(H2,47,49,51)(H2,48,50,52)/t26-,27-,34-,35-,36-,37-,42-,43-,80?,81?/m1/s1. The van der Waals surface area contributed by atoms with Crippen LogP contribution in [-0.4, -0.2) is 243 Å². The molecule has 0 radical (unpaired) electrons. The third-order valence-electron chi connectivity index (χ3n) is 13.5. The minimum atomic E-state index is -4.44. The zero-order chi connectivity index (χ0) is 61.4. The Morgan fingerprint density at radius 3 is 1.93 bits per heavy atom. The Hall–Kier alpha value is -5.34. The minimum Gasteiger partial charge on any atom is -0.449 e. The van der Waals surface area contributed by atoms with Crippen LogP contribution in [0.15, 0.2) is 37.5 Å². The summed E-state index contributed by atoms with van der Waals surface area (Å²) < 4.78 is 60.5. The highest BCUT2D eigenvalue weighted by Gasteiger charge is 2.54. The molecule has 0 saturated carbocycles. The number of fused-ring (bicyclic) bond motifs is 5. The van der Waals surface area contributed by atoms with Crippen LogP contribution < -0.4 is 11.5 Å². The molecule has 0 spiro atoms. The maximum absolute atomic E-state index is 13.6. The molecular weight excluding hydrogens is 1240 g/mol. The lowest BCUT2D eigenvalue weighted by atomic mass is 10.1. The van der Waals surface area contributed by atoms with Crippen molar-refractivity contribution in [2.24, 2.45) is 0 Å². The van der Waals surface area contributed by atoms with Gasteiger partial charge in [0, 0.05) is 63.3 Å². The smallest absolute Gasteiger partial charge is 0.449 e. The summed E-state index contributed by atoms with van der Waals surface area (Å²) in [6, 6.07) is 0. The van der Waals surface area contributed by atoms with Gasteiger partial charge < -0.3 is 78.5 Å². The van der Waals surface area contributed by atoms with Gasteiger partial charge >= 0.3 is 25.7 Å². The van der Waals surface area contributed by atoms with Gasteiger partial charge in [0.2, 0.25) is 11.8 Å². The molecule has 5 amide bonds. The van der Waals surface area contributed by atoms with Crippen molar-refractivity contribution in [1.29, 1.82) is 0 Å². The van der Waals surface area contributed by atoms with E-state index in [0.717, 1.165) is 11.2 Å². The van der Waals surface area contributed by atoms with Crippen molar-refractivity contribution in [2.75, 3.05) is 104 Å². The van der Waals surface area contributed by atoms with Gasteiger partial charge in [0.25, 0.3) is 11.8 Å². The number of imidazole rings is 2. The number of hydrogen-bond acceptors (Lipinski definition) is 29. The zero-order valence-corrected chi connectivity index (χ0v) is 51.5. The van der Waals surface area contributed by atoms with Crippen LogP contribution in [0.3, 0.4) is 0 Å². The van der Waals surface area contributed by atoms with Crippen molar-refractivity contribution in [2.45, 2.75) is 86.9 Å². The molecule has 4 aromatic heterocycles. The van der Waals surface area contributed by atoms with Gasteiger partial charge in [-0.05, 0) is 43.9 Å². The summed E-state index contributed by atoms with van der Waals surface area (Å²) in [4.78, 5) is 129. The SMILES string of the molecule is CN(CCN(C)C(=O)CCC(C)(C)SSCCOC(=O)N(C)CCOC(=O)O[C@@H]1[C@@H]2OP(O)(=S)OC[C@H]3O[C@@H](n4cnc5c(N)ncnc54)[C@H](OP(O)(=S)OC[C@H]2O[C@H]1n1cnc2c(N)ncnc21)[C@@H]3O)C(=O)CCOCCN1C(=O)C=CC1=O. The van der Waals surface area contributed by atoms with Crippen molar-refractivity contribution in [3.05, 3.63) is 37.5 Å². The largest absolute Gasteiger partial charge is 0.508 e. The molecule has 466 valence electrons. The molecule has 0 aromatic carbocycles. The molecule has 3 fully saturated rings. The fraction of sp³-hybridized carbons (Fsp3) is 0.609. The van der Waals surface area contributed by atoms with Gasteiger partial charge in [-0.15, -0.1) is 0 Å². The lowest BCUT2D eigenvalue weighted by Gasteiger charge is -2.29. The molecule has 2 unspecified atom stereocenters. The molecule has 10 atom stereocenters. The molecule has 39 heteroatoms. The third kappa shape index (κ3) is 16.8. The topological polar surface area (TPSA) is 408 Å². The normalized spacial score (nSPS) is 26.2. The minimum absolute atomic E-state index is 0.00497. The van der Waals surface area contributed by atoms with E-state index in [9.17, 15) is 43.7 Å². The van der Waals surface area contributed by atoms with Gasteiger partial charge in [0.1, 0.15) is 67.4 Å². The lowest BCUT2D eigenvalue weighted by Crippen LogP contribution is -2.39. The first-order valence-electron chi connectivity index (χ1n) is 26.1. The van der Waals surface area contributed by atoms with Gasteiger partial charge in [-0.25, -0.2) is 39.5 Å². The van der Waals surface area contributed by atoms with E-state index in [4.69, 9.17) is 81.6 Å². The Balaban J connectivity index is 0.789. The van der Waals surface area contributed by atoms with Crippen LogP contribution in [0.4, 0.5) is 21.2 Å². The number of hydrogen-bond donors (Lipinski definition) is 5. The number of nitrogens with zero attached hydrogens (tertiary/aromatic N) is 12. The second-order valence-electron chi connectivity index (χ2n) is 20.0. The van der Waals surface area contributed by atoms with Gasteiger partial charge in [0.05, 0.1) is 58.6 Å². The summed E-state index contributed by atoms with van der Waals surface area (Å²) in [5, 5.41) is 11.5. The molecule has 4 aliphatic heterocycles. The molecular formula is C46H64N14O19P2S4. The van der Waals surface area contributed by atoms with Crippen LogP contribution >= 0.6 is 35.0 Å². The Morgan fingerprint density at radius 2 is 1.31 bits per heavy atom. The first-order chi connectivity index (χ1) is 40.3. The molecule has 8 rings (SSSR count). The second kappa shape index (κ2) is 28.7. The number of rotatable bonds is 23. The molecule has 33 nitrogen and oxygen atoms in total. The van der Waals surface area contributed by atoms with Crippen molar-refractivity contribution < 1.29 is 90.2 Å². The number of carbonyl (C=O) groups is 6. The maximum atomic E-state index is 13.6. The number of likely N-dealkylation sites (N-methyl/N-ethyl adjacent to an activating group) is 3. The predicted octanol–water partition coefficient (Wildman–Crippen LogP) is 1.02. The highest BCUT2D eigenvalue weighted by molar-refractivity contribution is 8.77.